The van der Waals surface area contributed by atoms with Crippen LogP contribution in [0.3, 0.4) is 0 Å². The van der Waals surface area contributed by atoms with Crippen molar-refractivity contribution in [2.45, 2.75) is 12.1 Å². The van der Waals surface area contributed by atoms with Gasteiger partial charge in [0.05, 0.1) is 18.5 Å². The minimum Gasteiger partial charge on any atom is -0.497 e. The minimum atomic E-state index is 0.267. The monoisotopic (exact) mass is 297 g/mol. The first-order valence-corrected chi connectivity index (χ1v) is 7.28. The number of fused-ring (bicyclic) bond motifs is 4. The fourth-order valence-corrected chi connectivity index (χ4v) is 3.30. The largest absolute Gasteiger partial charge is 0.497 e. The number of nitrogens with one attached hydrogen (secondary N) is 1. The molecule has 0 spiro atoms. The van der Waals surface area contributed by atoms with E-state index in [1.165, 1.54) is 0 Å². The second kappa shape index (κ2) is 4.01. The van der Waals surface area contributed by atoms with Crippen LogP contribution in [-0.4, -0.2) is 42.3 Å². The van der Waals surface area contributed by atoms with E-state index in [4.69, 9.17) is 14.9 Å². The highest BCUT2D eigenvalue weighted by Gasteiger charge is 2.47. The third kappa shape index (κ3) is 1.43. The Kier molecular flexibility index (Phi) is 2.20. The molecular weight excluding hydrogens is 282 g/mol. The number of piperazine rings is 1. The Hall–Kier alpha value is -2.54. The molecule has 5 rings (SSSR count). The molecule has 2 aromatic heterocycles. The molecule has 2 aliphatic heterocycles. The number of hydrogen-bond donors (Lipinski definition) is 2. The summed E-state index contributed by atoms with van der Waals surface area (Å²) in [5.74, 6) is 1.82. The molecule has 2 saturated heterocycles. The summed E-state index contributed by atoms with van der Waals surface area (Å²) in [6, 6.07) is 6.73. The van der Waals surface area contributed by atoms with E-state index in [1.807, 2.05) is 18.2 Å². The Bertz CT molecular complexity index is 906. The number of nitrogen functional groups attached to an aromatic ring is 1. The van der Waals surface area contributed by atoms with Gasteiger partial charge >= 0.3 is 0 Å². The van der Waals surface area contributed by atoms with Gasteiger partial charge in [0.1, 0.15) is 16.8 Å². The lowest BCUT2D eigenvalue weighted by molar-refractivity contribution is 0.212. The van der Waals surface area contributed by atoms with E-state index in [9.17, 15) is 0 Å². The second-order valence-electron chi connectivity index (χ2n) is 5.78. The maximum Gasteiger partial charge on any atom is 0.222 e. The first kappa shape index (κ1) is 12.0. The van der Waals surface area contributed by atoms with Gasteiger partial charge in [0.15, 0.2) is 11.4 Å². The third-order valence-corrected chi connectivity index (χ3v) is 4.64. The molecular formula is C15H15N5O2. The molecule has 0 saturated carbocycles. The Morgan fingerprint density at radius 2 is 2.32 bits per heavy atom. The number of nitrogens with two attached hydrogens (primary N) is 1. The number of anilines is 2. The van der Waals surface area contributed by atoms with Gasteiger partial charge in [-0.3, -0.25) is 0 Å². The first-order chi connectivity index (χ1) is 10.7. The summed E-state index contributed by atoms with van der Waals surface area (Å²) in [6.45, 7) is 1.90. The van der Waals surface area contributed by atoms with Crippen molar-refractivity contribution in [3.8, 4) is 5.75 Å². The van der Waals surface area contributed by atoms with E-state index in [0.717, 1.165) is 41.1 Å². The number of ether oxygens (including phenoxy) is 1. The number of rotatable bonds is 2. The average molecular weight is 297 g/mol. The van der Waals surface area contributed by atoms with E-state index >= 15 is 0 Å². The molecule has 22 heavy (non-hydrogen) atoms. The van der Waals surface area contributed by atoms with Crippen LogP contribution in [0.5, 0.6) is 5.75 Å². The van der Waals surface area contributed by atoms with E-state index in [0.29, 0.717) is 17.7 Å². The maximum absolute atomic E-state index is 6.00. The van der Waals surface area contributed by atoms with Crippen LogP contribution in [0.2, 0.25) is 0 Å². The molecule has 4 heterocycles. The summed E-state index contributed by atoms with van der Waals surface area (Å²) in [5, 5.41) is 4.28. The lowest BCUT2D eigenvalue weighted by atomic mass is 9.89. The first-order valence-electron chi connectivity index (χ1n) is 7.28. The fourth-order valence-electron chi connectivity index (χ4n) is 3.30. The van der Waals surface area contributed by atoms with Gasteiger partial charge in [0.25, 0.3) is 0 Å². The number of furan rings is 1. The molecule has 0 bridgehead atoms. The SMILES string of the molecule is COc1ccc2oc3c(N4CC5NCC54)nc(N)nc3c2c1. The van der Waals surface area contributed by atoms with Crippen LogP contribution in [0, 0.1) is 0 Å². The summed E-state index contributed by atoms with van der Waals surface area (Å²) in [6.07, 6.45) is 0. The molecule has 3 aromatic rings. The zero-order valence-corrected chi connectivity index (χ0v) is 12.0. The van der Waals surface area contributed by atoms with Crippen LogP contribution in [0.25, 0.3) is 22.1 Å². The topological polar surface area (TPSA) is 89.4 Å². The molecule has 2 atom stereocenters. The van der Waals surface area contributed by atoms with Crippen LogP contribution < -0.4 is 20.7 Å². The van der Waals surface area contributed by atoms with E-state index in [-0.39, 0.29) is 5.95 Å². The van der Waals surface area contributed by atoms with Crippen LogP contribution in [0.4, 0.5) is 11.8 Å². The van der Waals surface area contributed by atoms with Gasteiger partial charge in [-0.15, -0.1) is 0 Å². The summed E-state index contributed by atoms with van der Waals surface area (Å²) in [4.78, 5) is 11.0. The smallest absolute Gasteiger partial charge is 0.222 e. The summed E-state index contributed by atoms with van der Waals surface area (Å²) in [5.41, 5.74) is 8.13. The molecule has 2 unspecified atom stereocenters. The molecule has 0 amide bonds. The number of benzene rings is 1. The lowest BCUT2D eigenvalue weighted by Crippen LogP contribution is -2.78. The average Bonchev–Trinajstić information content (AvgIpc) is 2.87. The van der Waals surface area contributed by atoms with Crippen LogP contribution in [0.15, 0.2) is 22.6 Å². The predicted molar refractivity (Wildman–Crippen MR) is 83.2 cm³/mol. The van der Waals surface area contributed by atoms with Crippen molar-refractivity contribution in [2.24, 2.45) is 0 Å². The lowest BCUT2D eigenvalue weighted by Gasteiger charge is -2.56. The Morgan fingerprint density at radius 1 is 1.41 bits per heavy atom. The number of aromatic nitrogens is 2. The molecule has 0 radical (unpaired) electrons. The van der Waals surface area contributed by atoms with Gasteiger partial charge in [-0.1, -0.05) is 0 Å². The maximum atomic E-state index is 6.00. The van der Waals surface area contributed by atoms with Crippen molar-refractivity contribution < 1.29 is 9.15 Å². The van der Waals surface area contributed by atoms with Crippen LogP contribution in [-0.2, 0) is 0 Å². The highest BCUT2D eigenvalue weighted by molar-refractivity contribution is 6.06. The van der Waals surface area contributed by atoms with Crippen molar-refractivity contribution in [3.63, 3.8) is 0 Å². The highest BCUT2D eigenvalue weighted by Crippen LogP contribution is 2.39. The molecule has 112 valence electrons. The summed E-state index contributed by atoms with van der Waals surface area (Å²) >= 11 is 0. The summed E-state index contributed by atoms with van der Waals surface area (Å²) in [7, 11) is 1.64. The number of hydrogen-bond acceptors (Lipinski definition) is 7. The number of methoxy groups -OCH3 is 1. The third-order valence-electron chi connectivity index (χ3n) is 4.64. The van der Waals surface area contributed by atoms with Crippen molar-refractivity contribution in [3.05, 3.63) is 18.2 Å². The van der Waals surface area contributed by atoms with Gasteiger partial charge in [-0.25, -0.2) is 4.98 Å². The molecule has 3 N–H and O–H groups in total. The van der Waals surface area contributed by atoms with Gasteiger partial charge < -0.3 is 25.1 Å². The number of nitrogens with zero attached hydrogens (tertiary/aromatic N) is 3. The summed E-state index contributed by atoms with van der Waals surface area (Å²) < 4.78 is 11.3. The van der Waals surface area contributed by atoms with E-state index in [1.54, 1.807) is 7.11 Å². The minimum absolute atomic E-state index is 0.267. The zero-order chi connectivity index (χ0) is 14.8. The second-order valence-corrected chi connectivity index (χ2v) is 5.78. The van der Waals surface area contributed by atoms with Crippen LogP contribution in [0.1, 0.15) is 0 Å². The predicted octanol–water partition coefficient (Wildman–Crippen LogP) is 1.13. The molecule has 0 aliphatic carbocycles. The Morgan fingerprint density at radius 3 is 3.00 bits per heavy atom. The van der Waals surface area contributed by atoms with Gasteiger partial charge in [0.2, 0.25) is 5.95 Å². The highest BCUT2D eigenvalue weighted by atomic mass is 16.5. The normalized spacial score (nSPS) is 23.2. The Labute approximate surface area is 126 Å². The fraction of sp³-hybridized carbons (Fsp3) is 0.333. The van der Waals surface area contributed by atoms with E-state index in [2.05, 4.69) is 20.2 Å². The standard InChI is InChI=1S/C15H15N5O2/c1-21-7-2-3-11-8(4-7)12-13(22-11)14(19-15(16)18-12)20-6-9-10(20)5-17-9/h2-4,9-10,17H,5-6H2,1H3,(H2,16,18,19). The quantitative estimate of drug-likeness (QED) is 0.732. The Balaban J connectivity index is 1.76. The van der Waals surface area contributed by atoms with Gasteiger partial charge in [-0.2, -0.15) is 4.98 Å². The van der Waals surface area contributed by atoms with Gasteiger partial charge in [0, 0.05) is 19.1 Å². The van der Waals surface area contributed by atoms with Crippen molar-refractivity contribution in [2.75, 3.05) is 30.8 Å². The molecule has 1 aromatic carbocycles. The molecule has 7 heteroatoms. The molecule has 2 aliphatic rings. The van der Waals surface area contributed by atoms with Crippen molar-refractivity contribution in [1.82, 2.24) is 15.3 Å². The van der Waals surface area contributed by atoms with E-state index < -0.39 is 0 Å². The van der Waals surface area contributed by atoms with Crippen LogP contribution >= 0.6 is 0 Å². The zero-order valence-electron chi connectivity index (χ0n) is 12.0. The molecule has 7 nitrogen and oxygen atoms in total. The van der Waals surface area contributed by atoms with Crippen molar-refractivity contribution >= 4 is 33.8 Å². The van der Waals surface area contributed by atoms with Crippen molar-refractivity contribution in [1.29, 1.82) is 0 Å². The van der Waals surface area contributed by atoms with Gasteiger partial charge in [-0.05, 0) is 18.2 Å². The molecule has 2 fully saturated rings.